The molecule has 0 amide bonds. The molecule has 0 saturated carbocycles. The standard InChI is InChI=1S/C11H8O4S.K.H/c12-8-15-16(13,14)11-7-3-5-9-4-1-2-6-10(9)11;;/h1-8H;;/q;+1;-1. The van der Waals surface area contributed by atoms with Crippen molar-refractivity contribution in [2.45, 2.75) is 4.90 Å². The maximum Gasteiger partial charge on any atom is 1.00 e. The second-order valence-corrected chi connectivity index (χ2v) is 4.66. The average molecular weight is 276 g/mol. The summed E-state index contributed by atoms with van der Waals surface area (Å²) in [6.45, 7) is -0.0862. The van der Waals surface area contributed by atoms with Crippen molar-refractivity contribution in [3.63, 3.8) is 0 Å². The zero-order valence-electron chi connectivity index (χ0n) is 10.2. The Kier molecular flexibility index (Phi) is 5.30. The average Bonchev–Trinajstić information content (AvgIpc) is 2.28. The van der Waals surface area contributed by atoms with Gasteiger partial charge in [0.25, 0.3) is 0 Å². The zero-order chi connectivity index (χ0) is 11.6. The molecule has 0 fully saturated rings. The summed E-state index contributed by atoms with van der Waals surface area (Å²) in [5.74, 6) is 0. The van der Waals surface area contributed by atoms with E-state index < -0.39 is 10.1 Å². The van der Waals surface area contributed by atoms with Gasteiger partial charge in [-0.3, -0.25) is 4.79 Å². The van der Waals surface area contributed by atoms with Crippen LogP contribution in [0, 0.1) is 0 Å². The van der Waals surface area contributed by atoms with Crippen LogP contribution in [0.4, 0.5) is 0 Å². The molecule has 0 aliphatic carbocycles. The smallest absolute Gasteiger partial charge is 1.00 e. The topological polar surface area (TPSA) is 60.4 Å². The molecule has 0 aliphatic heterocycles. The molecule has 0 bridgehead atoms. The third-order valence-corrected chi connectivity index (χ3v) is 3.41. The summed E-state index contributed by atoms with van der Waals surface area (Å²) in [6, 6.07) is 11.8. The molecule has 17 heavy (non-hydrogen) atoms. The summed E-state index contributed by atoms with van der Waals surface area (Å²) in [7, 11) is -4.00. The number of carbonyl (C=O) groups excluding carboxylic acids is 1. The molecule has 0 radical (unpaired) electrons. The Morgan fingerprint density at radius 1 is 1.06 bits per heavy atom. The van der Waals surface area contributed by atoms with E-state index in [4.69, 9.17) is 0 Å². The fourth-order valence-corrected chi connectivity index (χ4v) is 2.42. The normalized spacial score (nSPS) is 10.6. The first-order valence-corrected chi connectivity index (χ1v) is 5.91. The number of fused-ring (bicyclic) bond motifs is 1. The third-order valence-electron chi connectivity index (χ3n) is 2.18. The zero-order valence-corrected chi connectivity index (χ0v) is 13.1. The Hall–Kier alpha value is -0.244. The summed E-state index contributed by atoms with van der Waals surface area (Å²) in [6.07, 6.45) is 0. The number of rotatable bonds is 3. The molecule has 0 heterocycles. The largest absolute Gasteiger partial charge is 1.00 e. The molecule has 2 aromatic rings. The third kappa shape index (κ3) is 3.15. The second kappa shape index (κ2) is 6.08. The summed E-state index contributed by atoms with van der Waals surface area (Å²) in [4.78, 5) is 10.1. The quantitative estimate of drug-likeness (QED) is 0.402. The maximum absolute atomic E-state index is 11.6. The summed E-state index contributed by atoms with van der Waals surface area (Å²) < 4.78 is 27.3. The Morgan fingerprint density at radius 3 is 2.41 bits per heavy atom. The summed E-state index contributed by atoms with van der Waals surface area (Å²) in [5, 5.41) is 1.31. The van der Waals surface area contributed by atoms with Gasteiger partial charge in [0.1, 0.15) is 4.90 Å². The molecular formula is C11H9KO4S. The molecule has 0 atom stereocenters. The van der Waals surface area contributed by atoms with Crippen LogP contribution in [0.5, 0.6) is 0 Å². The molecule has 84 valence electrons. The van der Waals surface area contributed by atoms with E-state index in [-0.39, 0.29) is 64.2 Å². The molecule has 0 aromatic heterocycles. The van der Waals surface area contributed by atoms with Crippen molar-refractivity contribution in [2.75, 3.05) is 0 Å². The number of hydrogen-bond donors (Lipinski definition) is 0. The van der Waals surface area contributed by atoms with Crippen molar-refractivity contribution in [3.8, 4) is 0 Å². The van der Waals surface area contributed by atoms with Crippen LogP contribution >= 0.6 is 0 Å². The maximum atomic E-state index is 11.6. The van der Waals surface area contributed by atoms with Crippen LogP contribution in [0.2, 0.25) is 0 Å². The Morgan fingerprint density at radius 2 is 1.71 bits per heavy atom. The van der Waals surface area contributed by atoms with E-state index in [0.29, 0.717) is 5.39 Å². The van der Waals surface area contributed by atoms with Gasteiger partial charge in [-0.2, -0.15) is 8.42 Å². The first-order valence-electron chi connectivity index (χ1n) is 4.50. The minimum atomic E-state index is -4.00. The van der Waals surface area contributed by atoms with Crippen molar-refractivity contribution in [3.05, 3.63) is 42.5 Å². The molecular weight excluding hydrogens is 267 g/mol. The first-order chi connectivity index (χ1) is 7.65. The van der Waals surface area contributed by atoms with Crippen molar-refractivity contribution in [1.29, 1.82) is 0 Å². The van der Waals surface area contributed by atoms with Gasteiger partial charge in [-0.05, 0) is 11.5 Å². The van der Waals surface area contributed by atoms with Crippen LogP contribution in [0.25, 0.3) is 10.8 Å². The van der Waals surface area contributed by atoms with Crippen molar-refractivity contribution in [2.24, 2.45) is 0 Å². The predicted octanol–water partition coefficient (Wildman–Crippen LogP) is -1.18. The summed E-state index contributed by atoms with van der Waals surface area (Å²) in [5.41, 5.74) is 0. The molecule has 2 rings (SSSR count). The number of carbonyl (C=O) groups is 1. The van der Waals surface area contributed by atoms with Crippen LogP contribution in [0.1, 0.15) is 1.43 Å². The molecule has 6 heteroatoms. The van der Waals surface area contributed by atoms with E-state index in [1.54, 1.807) is 36.4 Å². The van der Waals surface area contributed by atoms with E-state index in [9.17, 15) is 13.2 Å². The Labute approximate surface area is 143 Å². The van der Waals surface area contributed by atoms with Gasteiger partial charge in [0.15, 0.2) is 0 Å². The molecule has 0 unspecified atom stereocenters. The minimum Gasteiger partial charge on any atom is -1.00 e. The Balaban J connectivity index is 0.00000144. The molecule has 0 spiro atoms. The van der Waals surface area contributed by atoms with Crippen molar-refractivity contribution >= 4 is 27.4 Å². The van der Waals surface area contributed by atoms with Gasteiger partial charge < -0.3 is 5.61 Å². The fourth-order valence-electron chi connectivity index (χ4n) is 1.52. The molecule has 0 saturated heterocycles. The van der Waals surface area contributed by atoms with Crippen LogP contribution in [0.15, 0.2) is 47.4 Å². The van der Waals surface area contributed by atoms with Crippen molar-refractivity contribution in [1.82, 2.24) is 0 Å². The first kappa shape index (κ1) is 14.8. The fraction of sp³-hybridized carbons (Fsp3) is 0. The van der Waals surface area contributed by atoms with Gasteiger partial charge in [-0.15, -0.1) is 0 Å². The number of benzene rings is 2. The van der Waals surface area contributed by atoms with Crippen LogP contribution in [-0.4, -0.2) is 14.9 Å². The number of hydrogen-bond acceptors (Lipinski definition) is 4. The van der Waals surface area contributed by atoms with Gasteiger partial charge in [0.2, 0.25) is 0 Å². The van der Waals surface area contributed by atoms with Crippen LogP contribution in [-0.2, 0) is 19.1 Å². The van der Waals surface area contributed by atoms with E-state index >= 15 is 0 Å². The summed E-state index contributed by atoms with van der Waals surface area (Å²) >= 11 is 0. The van der Waals surface area contributed by atoms with E-state index in [1.807, 2.05) is 0 Å². The van der Waals surface area contributed by atoms with Crippen molar-refractivity contribution < 1.29 is 70.2 Å². The predicted molar refractivity (Wildman–Crippen MR) is 59.4 cm³/mol. The molecule has 0 aliphatic rings. The Bertz CT molecular complexity index is 637. The van der Waals surface area contributed by atoms with Gasteiger partial charge in [0, 0.05) is 5.39 Å². The second-order valence-electron chi connectivity index (χ2n) is 3.12. The van der Waals surface area contributed by atoms with Gasteiger partial charge >= 0.3 is 68.0 Å². The molecule has 0 N–H and O–H groups in total. The minimum absolute atomic E-state index is 0. The van der Waals surface area contributed by atoms with E-state index in [1.165, 1.54) is 6.07 Å². The van der Waals surface area contributed by atoms with E-state index in [2.05, 4.69) is 4.18 Å². The SMILES string of the molecule is O=COS(=O)(=O)c1cccc2ccccc12.[H-].[K+]. The monoisotopic (exact) mass is 276 g/mol. The van der Waals surface area contributed by atoms with Crippen LogP contribution in [0.3, 0.4) is 0 Å². The van der Waals surface area contributed by atoms with E-state index in [0.717, 1.165) is 5.39 Å². The molecule has 4 nitrogen and oxygen atoms in total. The van der Waals surface area contributed by atoms with Gasteiger partial charge in [-0.1, -0.05) is 36.4 Å². The van der Waals surface area contributed by atoms with Crippen LogP contribution < -0.4 is 51.4 Å². The molecule has 2 aromatic carbocycles. The van der Waals surface area contributed by atoms with Gasteiger partial charge in [-0.25, -0.2) is 0 Å². The van der Waals surface area contributed by atoms with Gasteiger partial charge in [0.05, 0.1) is 0 Å².